The molecule has 1 saturated carbocycles. The summed E-state index contributed by atoms with van der Waals surface area (Å²) in [6, 6.07) is 9.75. The molecular weight excluding hydrogens is 294 g/mol. The number of nitrogens with zero attached hydrogens (tertiary/aromatic N) is 1. The number of hydrogen-bond acceptors (Lipinski definition) is 4. The zero-order chi connectivity index (χ0) is 15.9. The van der Waals surface area contributed by atoms with Crippen molar-refractivity contribution >= 4 is 12.0 Å². The van der Waals surface area contributed by atoms with Gasteiger partial charge in [0.2, 0.25) is 5.91 Å². The van der Waals surface area contributed by atoms with Crippen molar-refractivity contribution < 1.29 is 19.1 Å². The van der Waals surface area contributed by atoms with Gasteiger partial charge in [0.05, 0.1) is 6.04 Å². The van der Waals surface area contributed by atoms with Gasteiger partial charge in [-0.3, -0.25) is 4.79 Å². The van der Waals surface area contributed by atoms with Crippen LogP contribution < -0.4 is 0 Å². The molecule has 5 heteroatoms. The second-order valence-electron chi connectivity index (χ2n) is 6.86. The smallest absolute Gasteiger partial charge is 0.416 e. The molecule has 1 aromatic carbocycles. The van der Waals surface area contributed by atoms with E-state index < -0.39 is 6.09 Å². The van der Waals surface area contributed by atoms with Crippen LogP contribution in [0.3, 0.4) is 0 Å². The van der Waals surface area contributed by atoms with E-state index in [9.17, 15) is 9.59 Å². The summed E-state index contributed by atoms with van der Waals surface area (Å²) in [6.07, 6.45) is 2.91. The Hall–Kier alpha value is -1.88. The van der Waals surface area contributed by atoms with Gasteiger partial charge in [0.15, 0.2) is 0 Å². The first-order valence-electron chi connectivity index (χ1n) is 8.31. The summed E-state index contributed by atoms with van der Waals surface area (Å²) in [5, 5.41) is 0. The van der Waals surface area contributed by atoms with Crippen molar-refractivity contribution in [1.29, 1.82) is 0 Å². The lowest BCUT2D eigenvalue weighted by Gasteiger charge is -2.25. The maximum Gasteiger partial charge on any atom is 0.416 e. The lowest BCUT2D eigenvalue weighted by molar-refractivity contribution is -0.131. The number of imide groups is 1. The minimum atomic E-state index is -0.481. The number of rotatable bonds is 3. The van der Waals surface area contributed by atoms with Crippen LogP contribution in [0.1, 0.15) is 24.8 Å². The van der Waals surface area contributed by atoms with Gasteiger partial charge in [-0.2, -0.15) is 0 Å². The molecule has 2 amide bonds. The molecule has 122 valence electrons. The van der Waals surface area contributed by atoms with Gasteiger partial charge >= 0.3 is 6.09 Å². The van der Waals surface area contributed by atoms with Crippen LogP contribution in [0.25, 0.3) is 0 Å². The van der Waals surface area contributed by atoms with E-state index in [1.54, 1.807) is 0 Å². The Balaban J connectivity index is 1.47. The Kier molecular flexibility index (Phi) is 3.60. The molecule has 1 spiro atoms. The minimum absolute atomic E-state index is 0.0321. The first-order valence-corrected chi connectivity index (χ1v) is 8.31. The Bertz CT molecular complexity index is 609. The average Bonchev–Trinajstić information content (AvgIpc) is 3.14. The zero-order valence-corrected chi connectivity index (χ0v) is 13.1. The lowest BCUT2D eigenvalue weighted by atomic mass is 9.93. The summed E-state index contributed by atoms with van der Waals surface area (Å²) in [6.45, 7) is 1.74. The molecule has 3 aliphatic rings. The predicted octanol–water partition coefficient (Wildman–Crippen LogP) is 2.39. The van der Waals surface area contributed by atoms with Gasteiger partial charge in [0.1, 0.15) is 6.61 Å². The number of carbonyl (C=O) groups is 2. The highest BCUT2D eigenvalue weighted by atomic mass is 16.6. The van der Waals surface area contributed by atoms with Crippen LogP contribution in [0, 0.1) is 11.3 Å². The predicted molar refractivity (Wildman–Crippen MR) is 82.7 cm³/mol. The second kappa shape index (κ2) is 5.64. The maximum absolute atomic E-state index is 12.9. The van der Waals surface area contributed by atoms with Crippen molar-refractivity contribution in [2.75, 3.05) is 19.8 Å². The molecule has 23 heavy (non-hydrogen) atoms. The molecular formula is C18H21NO4. The monoisotopic (exact) mass is 315 g/mol. The summed E-state index contributed by atoms with van der Waals surface area (Å²) in [5.41, 5.74) is 1.19. The van der Waals surface area contributed by atoms with Crippen LogP contribution in [0.5, 0.6) is 0 Å². The van der Waals surface area contributed by atoms with Crippen LogP contribution in [0.15, 0.2) is 30.3 Å². The number of benzene rings is 1. The van der Waals surface area contributed by atoms with Crippen molar-refractivity contribution in [3.05, 3.63) is 35.9 Å². The molecule has 2 aliphatic heterocycles. The third-order valence-corrected chi connectivity index (χ3v) is 5.49. The fraction of sp³-hybridized carbons (Fsp3) is 0.556. The van der Waals surface area contributed by atoms with Crippen molar-refractivity contribution in [3.8, 4) is 0 Å². The van der Waals surface area contributed by atoms with Gasteiger partial charge in [-0.25, -0.2) is 9.69 Å². The molecule has 0 radical (unpaired) electrons. The van der Waals surface area contributed by atoms with Crippen molar-refractivity contribution in [1.82, 2.24) is 4.90 Å². The third kappa shape index (κ3) is 2.63. The topological polar surface area (TPSA) is 55.8 Å². The van der Waals surface area contributed by atoms with E-state index in [1.807, 2.05) is 30.3 Å². The standard InChI is InChI=1S/C18H21NO4/c20-16(15-11-18(15)6-8-22-9-7-18)19-14(12-23-17(19)21)10-13-4-2-1-3-5-13/h1-5,14-15H,6-12H2/t14-,15-/m1/s1. The molecule has 4 rings (SSSR count). The van der Waals surface area contributed by atoms with Crippen LogP contribution in [-0.2, 0) is 20.7 Å². The van der Waals surface area contributed by atoms with Crippen molar-refractivity contribution in [2.24, 2.45) is 11.3 Å². The van der Waals surface area contributed by atoms with Crippen LogP contribution in [0.4, 0.5) is 4.79 Å². The summed E-state index contributed by atoms with van der Waals surface area (Å²) in [5.74, 6) is -0.0781. The minimum Gasteiger partial charge on any atom is -0.447 e. The summed E-state index contributed by atoms with van der Waals surface area (Å²) >= 11 is 0. The van der Waals surface area contributed by atoms with E-state index >= 15 is 0 Å². The average molecular weight is 315 g/mol. The molecule has 1 aliphatic carbocycles. The molecule has 2 heterocycles. The fourth-order valence-corrected chi connectivity index (χ4v) is 3.96. The first kappa shape index (κ1) is 14.7. The zero-order valence-electron chi connectivity index (χ0n) is 13.1. The Morgan fingerprint density at radius 3 is 2.70 bits per heavy atom. The maximum atomic E-state index is 12.9. The number of ether oxygens (including phenoxy) is 2. The van der Waals surface area contributed by atoms with Crippen LogP contribution in [-0.4, -0.2) is 42.8 Å². The Morgan fingerprint density at radius 2 is 1.96 bits per heavy atom. The largest absolute Gasteiger partial charge is 0.447 e. The van der Waals surface area contributed by atoms with E-state index in [4.69, 9.17) is 9.47 Å². The lowest BCUT2D eigenvalue weighted by Crippen LogP contribution is -2.42. The molecule has 2 saturated heterocycles. The molecule has 0 aromatic heterocycles. The van der Waals surface area contributed by atoms with E-state index in [0.29, 0.717) is 13.0 Å². The number of carbonyl (C=O) groups excluding carboxylic acids is 2. The highest BCUT2D eigenvalue weighted by molar-refractivity contribution is 5.96. The first-order chi connectivity index (χ1) is 11.2. The Labute approximate surface area is 135 Å². The molecule has 3 fully saturated rings. The quantitative estimate of drug-likeness (QED) is 0.859. The van der Waals surface area contributed by atoms with Gasteiger partial charge in [0.25, 0.3) is 0 Å². The molecule has 0 N–H and O–H groups in total. The summed E-state index contributed by atoms with van der Waals surface area (Å²) in [4.78, 5) is 26.3. The number of cyclic esters (lactones) is 1. The van der Waals surface area contributed by atoms with Gasteiger partial charge in [-0.05, 0) is 36.7 Å². The van der Waals surface area contributed by atoms with Gasteiger partial charge in [-0.15, -0.1) is 0 Å². The molecule has 0 unspecified atom stereocenters. The number of amides is 2. The van der Waals surface area contributed by atoms with Gasteiger partial charge in [-0.1, -0.05) is 30.3 Å². The van der Waals surface area contributed by atoms with Crippen molar-refractivity contribution in [2.45, 2.75) is 31.7 Å². The highest BCUT2D eigenvalue weighted by Gasteiger charge is 2.60. The van der Waals surface area contributed by atoms with E-state index in [-0.39, 0.29) is 23.3 Å². The second-order valence-corrected chi connectivity index (χ2v) is 6.86. The van der Waals surface area contributed by atoms with E-state index in [0.717, 1.165) is 38.0 Å². The van der Waals surface area contributed by atoms with Crippen LogP contribution >= 0.6 is 0 Å². The SMILES string of the molecule is O=C1OC[C@@H](Cc2ccccc2)N1C(=O)[C@H]1CC12CCOCC2. The highest BCUT2D eigenvalue weighted by Crippen LogP contribution is 2.60. The molecule has 2 atom stereocenters. The van der Waals surface area contributed by atoms with E-state index in [1.165, 1.54) is 4.90 Å². The van der Waals surface area contributed by atoms with Crippen LogP contribution in [0.2, 0.25) is 0 Å². The normalized spacial score (nSPS) is 28.7. The van der Waals surface area contributed by atoms with Crippen molar-refractivity contribution in [3.63, 3.8) is 0 Å². The molecule has 1 aromatic rings. The van der Waals surface area contributed by atoms with Gasteiger partial charge in [0, 0.05) is 19.1 Å². The Morgan fingerprint density at radius 1 is 1.22 bits per heavy atom. The van der Waals surface area contributed by atoms with E-state index in [2.05, 4.69) is 0 Å². The van der Waals surface area contributed by atoms with Gasteiger partial charge < -0.3 is 9.47 Å². The third-order valence-electron chi connectivity index (χ3n) is 5.49. The fourth-order valence-electron chi connectivity index (χ4n) is 3.96. The summed E-state index contributed by atoms with van der Waals surface area (Å²) in [7, 11) is 0. The summed E-state index contributed by atoms with van der Waals surface area (Å²) < 4.78 is 10.6. The molecule has 0 bridgehead atoms. The number of hydrogen-bond donors (Lipinski definition) is 0. The molecule has 5 nitrogen and oxygen atoms in total.